The van der Waals surface area contributed by atoms with Gasteiger partial charge in [0.15, 0.2) is 0 Å². The molecule has 0 aliphatic carbocycles. The van der Waals surface area contributed by atoms with Crippen LogP contribution in [0.15, 0.2) is 24.4 Å². The van der Waals surface area contributed by atoms with Crippen LogP contribution < -0.4 is 10.2 Å². The zero-order chi connectivity index (χ0) is 12.8. The summed E-state index contributed by atoms with van der Waals surface area (Å²) in [7, 11) is 1.90. The highest BCUT2D eigenvalue weighted by Crippen LogP contribution is 2.24. The Kier molecular flexibility index (Phi) is 5.45. The van der Waals surface area contributed by atoms with E-state index in [0.29, 0.717) is 5.02 Å². The molecule has 4 heteroatoms. The molecule has 0 radical (unpaired) electrons. The maximum Gasteiger partial charge on any atom is 0.147 e. The molecule has 0 aliphatic rings. The molecule has 1 rings (SSSR count). The van der Waals surface area contributed by atoms with Gasteiger partial charge in [0.25, 0.3) is 0 Å². The molecule has 0 aliphatic heterocycles. The highest BCUT2D eigenvalue weighted by atomic mass is 35.5. The van der Waals surface area contributed by atoms with Crippen LogP contribution in [0.4, 0.5) is 5.82 Å². The van der Waals surface area contributed by atoms with Crippen molar-refractivity contribution in [3.63, 3.8) is 0 Å². The minimum Gasteiger partial charge on any atom is -0.352 e. The fourth-order valence-corrected chi connectivity index (χ4v) is 1.97. The minimum absolute atomic E-state index is 0.695. The van der Waals surface area contributed by atoms with Gasteiger partial charge in [-0.25, -0.2) is 4.98 Å². The van der Waals surface area contributed by atoms with E-state index in [2.05, 4.69) is 28.7 Å². The molecule has 17 heavy (non-hydrogen) atoms. The van der Waals surface area contributed by atoms with Crippen LogP contribution in [-0.2, 0) is 6.54 Å². The van der Waals surface area contributed by atoms with Crippen LogP contribution in [0.2, 0.25) is 5.02 Å². The van der Waals surface area contributed by atoms with E-state index >= 15 is 0 Å². The lowest BCUT2D eigenvalue weighted by atomic mass is 10.2. The number of aromatic nitrogens is 1. The normalized spacial score (nSPS) is 10.4. The van der Waals surface area contributed by atoms with Gasteiger partial charge >= 0.3 is 0 Å². The van der Waals surface area contributed by atoms with Crippen molar-refractivity contribution in [1.82, 2.24) is 10.3 Å². The molecular weight excluding hydrogens is 234 g/mol. The molecule has 0 atom stereocenters. The molecule has 0 aromatic carbocycles. The summed E-state index contributed by atoms with van der Waals surface area (Å²) in [6, 6.07) is 1.96. The first-order valence-corrected chi connectivity index (χ1v) is 6.14. The second-order valence-electron chi connectivity index (χ2n) is 4.15. The van der Waals surface area contributed by atoms with Gasteiger partial charge in [-0.2, -0.15) is 0 Å². The Bertz CT molecular complexity index is 390. The highest BCUT2D eigenvalue weighted by molar-refractivity contribution is 6.33. The number of halogens is 1. The summed E-state index contributed by atoms with van der Waals surface area (Å²) in [4.78, 5) is 6.55. The van der Waals surface area contributed by atoms with E-state index < -0.39 is 0 Å². The zero-order valence-corrected chi connectivity index (χ0v) is 11.5. The lowest BCUT2D eigenvalue weighted by Crippen LogP contribution is -2.25. The van der Waals surface area contributed by atoms with Gasteiger partial charge in [-0.15, -0.1) is 0 Å². The Morgan fingerprint density at radius 3 is 2.76 bits per heavy atom. The Balaban J connectivity index is 2.92. The number of hydrogen-bond donors (Lipinski definition) is 1. The Morgan fingerprint density at radius 1 is 1.59 bits per heavy atom. The molecule has 0 spiro atoms. The lowest BCUT2D eigenvalue weighted by molar-refractivity contribution is 0.807. The van der Waals surface area contributed by atoms with Crippen molar-refractivity contribution in [3.8, 4) is 0 Å². The molecule has 1 aromatic heterocycles. The maximum atomic E-state index is 6.26. The summed E-state index contributed by atoms with van der Waals surface area (Å²) in [5.41, 5.74) is 2.19. The highest BCUT2D eigenvalue weighted by Gasteiger charge is 2.10. The SMILES string of the molecule is C=C(C)CN(CC)c1ncc(CNC)cc1Cl. The summed E-state index contributed by atoms with van der Waals surface area (Å²) < 4.78 is 0. The summed E-state index contributed by atoms with van der Waals surface area (Å²) in [6.45, 7) is 10.4. The van der Waals surface area contributed by atoms with Crippen LogP contribution in [0.25, 0.3) is 0 Å². The van der Waals surface area contributed by atoms with Crippen LogP contribution in [0, 0.1) is 0 Å². The first-order chi connectivity index (χ1) is 8.08. The average Bonchev–Trinajstić information content (AvgIpc) is 2.27. The van der Waals surface area contributed by atoms with E-state index in [9.17, 15) is 0 Å². The predicted octanol–water partition coefficient (Wildman–Crippen LogP) is 2.86. The lowest BCUT2D eigenvalue weighted by Gasteiger charge is -2.23. The third-order valence-corrected chi connectivity index (χ3v) is 2.68. The van der Waals surface area contributed by atoms with Crippen molar-refractivity contribution in [3.05, 3.63) is 35.0 Å². The Hall–Kier alpha value is -1.06. The Morgan fingerprint density at radius 2 is 2.29 bits per heavy atom. The van der Waals surface area contributed by atoms with E-state index in [1.165, 1.54) is 0 Å². The van der Waals surface area contributed by atoms with Gasteiger partial charge in [0.1, 0.15) is 5.82 Å². The van der Waals surface area contributed by atoms with Crippen molar-refractivity contribution >= 4 is 17.4 Å². The number of nitrogens with one attached hydrogen (secondary N) is 1. The largest absolute Gasteiger partial charge is 0.352 e. The van der Waals surface area contributed by atoms with Gasteiger partial charge in [-0.1, -0.05) is 23.8 Å². The Labute approximate surface area is 108 Å². The van der Waals surface area contributed by atoms with E-state index in [0.717, 1.165) is 36.6 Å². The molecule has 1 heterocycles. The van der Waals surface area contributed by atoms with Gasteiger partial charge in [-0.05, 0) is 32.5 Å². The number of nitrogens with zero attached hydrogens (tertiary/aromatic N) is 2. The second kappa shape index (κ2) is 6.62. The predicted molar refractivity (Wildman–Crippen MR) is 74.7 cm³/mol. The van der Waals surface area contributed by atoms with Crippen molar-refractivity contribution in [2.45, 2.75) is 20.4 Å². The molecule has 94 valence electrons. The molecule has 0 fully saturated rings. The van der Waals surface area contributed by atoms with Crippen molar-refractivity contribution in [2.75, 3.05) is 25.0 Å². The molecule has 1 aromatic rings. The summed E-state index contributed by atoms with van der Waals surface area (Å²) in [5.74, 6) is 0.831. The summed E-state index contributed by atoms with van der Waals surface area (Å²) in [5, 5.41) is 3.77. The second-order valence-corrected chi connectivity index (χ2v) is 4.56. The smallest absolute Gasteiger partial charge is 0.147 e. The first kappa shape index (κ1) is 14.0. The molecule has 0 unspecified atom stereocenters. The van der Waals surface area contributed by atoms with Crippen molar-refractivity contribution in [1.29, 1.82) is 0 Å². The monoisotopic (exact) mass is 253 g/mol. The molecule has 0 saturated heterocycles. The number of hydrogen-bond acceptors (Lipinski definition) is 3. The van der Waals surface area contributed by atoms with E-state index in [1.54, 1.807) is 0 Å². The van der Waals surface area contributed by atoms with Gasteiger partial charge < -0.3 is 10.2 Å². The first-order valence-electron chi connectivity index (χ1n) is 5.76. The van der Waals surface area contributed by atoms with E-state index in [1.807, 2.05) is 26.2 Å². The average molecular weight is 254 g/mol. The van der Waals surface area contributed by atoms with Crippen LogP contribution in [0.5, 0.6) is 0 Å². The quantitative estimate of drug-likeness (QED) is 0.791. The van der Waals surface area contributed by atoms with Crippen LogP contribution in [0.3, 0.4) is 0 Å². The van der Waals surface area contributed by atoms with Gasteiger partial charge in [0.2, 0.25) is 0 Å². The number of pyridine rings is 1. The minimum atomic E-state index is 0.695. The topological polar surface area (TPSA) is 28.2 Å². The standard InChI is InChI=1S/C13H20ClN3/c1-5-17(9-10(2)3)13-12(14)6-11(7-15-4)8-16-13/h6,8,15H,2,5,7,9H2,1,3-4H3. The summed E-state index contributed by atoms with van der Waals surface area (Å²) >= 11 is 6.26. The van der Waals surface area contributed by atoms with Crippen molar-refractivity contribution < 1.29 is 0 Å². The number of likely N-dealkylation sites (N-methyl/N-ethyl adjacent to an activating group) is 1. The van der Waals surface area contributed by atoms with E-state index in [-0.39, 0.29) is 0 Å². The van der Waals surface area contributed by atoms with Crippen LogP contribution in [0.1, 0.15) is 19.4 Å². The van der Waals surface area contributed by atoms with E-state index in [4.69, 9.17) is 11.6 Å². The van der Waals surface area contributed by atoms with Crippen LogP contribution in [-0.4, -0.2) is 25.1 Å². The molecular formula is C13H20ClN3. The van der Waals surface area contributed by atoms with Gasteiger partial charge in [-0.3, -0.25) is 0 Å². The number of rotatable bonds is 6. The maximum absolute atomic E-state index is 6.26. The van der Waals surface area contributed by atoms with Gasteiger partial charge in [0.05, 0.1) is 5.02 Å². The van der Waals surface area contributed by atoms with Gasteiger partial charge in [0, 0.05) is 25.8 Å². The third kappa shape index (κ3) is 4.02. The zero-order valence-electron chi connectivity index (χ0n) is 10.8. The molecule has 1 N–H and O–H groups in total. The molecule has 0 amide bonds. The van der Waals surface area contributed by atoms with Crippen molar-refractivity contribution in [2.24, 2.45) is 0 Å². The fourth-order valence-electron chi connectivity index (χ4n) is 1.67. The van der Waals surface area contributed by atoms with Crippen LogP contribution >= 0.6 is 11.6 Å². The number of anilines is 1. The fraction of sp³-hybridized carbons (Fsp3) is 0.462. The summed E-state index contributed by atoms with van der Waals surface area (Å²) in [6.07, 6.45) is 1.86. The molecule has 3 nitrogen and oxygen atoms in total. The molecule has 0 bridgehead atoms. The molecule has 0 saturated carbocycles. The third-order valence-electron chi connectivity index (χ3n) is 2.40.